The summed E-state index contributed by atoms with van der Waals surface area (Å²) in [5.41, 5.74) is 0. The molecule has 63 valence electrons. The molecule has 1 atom stereocenters. The van der Waals surface area contributed by atoms with Crippen molar-refractivity contribution in [3.05, 3.63) is 19.2 Å². The summed E-state index contributed by atoms with van der Waals surface area (Å²) in [5, 5.41) is 3.31. The van der Waals surface area contributed by atoms with Crippen molar-refractivity contribution in [2.75, 3.05) is 26.2 Å². The van der Waals surface area contributed by atoms with Gasteiger partial charge in [0.2, 0.25) is 0 Å². The largest absolute Gasteiger partial charge is 0.375 e. The molecule has 0 aromatic heterocycles. The summed E-state index contributed by atoms with van der Waals surface area (Å²) in [7, 11) is 0. The first-order chi connectivity index (χ1) is 5.29. The molecule has 1 aliphatic rings. The zero-order valence-corrected chi connectivity index (χ0v) is 7.21. The smallest absolute Gasteiger partial charge is 0.0298 e. The number of hydrogen-bond acceptors (Lipinski definition) is 2. The molecular weight excluding hydrogens is 136 g/mol. The van der Waals surface area contributed by atoms with Gasteiger partial charge in [0.25, 0.3) is 0 Å². The van der Waals surface area contributed by atoms with E-state index in [1.54, 1.807) is 0 Å². The van der Waals surface area contributed by atoms with E-state index in [-0.39, 0.29) is 0 Å². The molecule has 2 heteroatoms. The first kappa shape index (κ1) is 8.60. The Morgan fingerprint density at radius 2 is 2.09 bits per heavy atom. The molecule has 2 nitrogen and oxygen atoms in total. The summed E-state index contributed by atoms with van der Waals surface area (Å²) in [6, 6.07) is 0. The molecule has 0 aromatic carbocycles. The third kappa shape index (κ3) is 3.42. The van der Waals surface area contributed by atoms with Crippen molar-refractivity contribution in [2.24, 2.45) is 5.92 Å². The van der Waals surface area contributed by atoms with E-state index >= 15 is 0 Å². The van der Waals surface area contributed by atoms with Gasteiger partial charge in [-0.2, -0.15) is 0 Å². The lowest BCUT2D eigenvalue weighted by atomic mass is 10.2. The average molecular weight is 153 g/mol. The molecular formula is C9H17N2. The van der Waals surface area contributed by atoms with E-state index in [0.717, 1.165) is 26.2 Å². The predicted octanol–water partition coefficient (Wildman–Crippen LogP) is 0.875. The van der Waals surface area contributed by atoms with Crippen LogP contribution in [0.15, 0.2) is 12.3 Å². The van der Waals surface area contributed by atoms with Crippen molar-refractivity contribution in [1.82, 2.24) is 10.2 Å². The molecule has 1 aliphatic heterocycles. The van der Waals surface area contributed by atoms with Gasteiger partial charge in [-0.1, -0.05) is 13.0 Å². The molecule has 1 heterocycles. The van der Waals surface area contributed by atoms with Crippen molar-refractivity contribution in [2.45, 2.75) is 6.92 Å². The van der Waals surface area contributed by atoms with Crippen LogP contribution in [-0.2, 0) is 0 Å². The van der Waals surface area contributed by atoms with Crippen LogP contribution >= 0.6 is 0 Å². The Hall–Kier alpha value is -0.500. The zero-order chi connectivity index (χ0) is 8.10. The van der Waals surface area contributed by atoms with E-state index in [2.05, 4.69) is 36.3 Å². The molecule has 0 bridgehead atoms. The fourth-order valence-corrected chi connectivity index (χ4v) is 1.10. The normalized spacial score (nSPS) is 20.1. The molecule has 1 fully saturated rings. The summed E-state index contributed by atoms with van der Waals surface area (Å²) in [6.07, 6.45) is 4.31. The molecule has 0 saturated carbocycles. The maximum absolute atomic E-state index is 3.89. The second-order valence-corrected chi connectivity index (χ2v) is 3.10. The van der Waals surface area contributed by atoms with Crippen LogP contribution in [0.4, 0.5) is 0 Å². The molecule has 1 radical (unpaired) electrons. The van der Waals surface area contributed by atoms with Gasteiger partial charge in [0.1, 0.15) is 0 Å². The highest BCUT2D eigenvalue weighted by molar-refractivity contribution is 4.89. The number of rotatable bonds is 2. The number of allylic oxidation sites excluding steroid dienone is 1. The predicted molar refractivity (Wildman–Crippen MR) is 48.1 cm³/mol. The molecule has 0 spiro atoms. The first-order valence-electron chi connectivity index (χ1n) is 4.25. The van der Waals surface area contributed by atoms with Gasteiger partial charge in [-0.3, -0.25) is 0 Å². The highest BCUT2D eigenvalue weighted by Gasteiger charge is 2.03. The van der Waals surface area contributed by atoms with Gasteiger partial charge in [0.15, 0.2) is 0 Å². The molecule has 1 saturated heterocycles. The van der Waals surface area contributed by atoms with Gasteiger partial charge in [-0.05, 0) is 19.0 Å². The minimum Gasteiger partial charge on any atom is -0.375 e. The van der Waals surface area contributed by atoms with E-state index < -0.39 is 0 Å². The molecule has 0 amide bonds. The van der Waals surface area contributed by atoms with Crippen LogP contribution in [0, 0.1) is 12.8 Å². The second-order valence-electron chi connectivity index (χ2n) is 3.10. The second kappa shape index (κ2) is 4.39. The molecule has 1 N–H and O–H groups in total. The van der Waals surface area contributed by atoms with Crippen LogP contribution in [0.3, 0.4) is 0 Å². The van der Waals surface area contributed by atoms with Crippen LogP contribution < -0.4 is 5.32 Å². The van der Waals surface area contributed by atoms with Gasteiger partial charge in [-0.15, -0.1) is 0 Å². The summed E-state index contributed by atoms with van der Waals surface area (Å²) in [5.74, 6) is 0.421. The molecule has 0 aliphatic carbocycles. The highest BCUT2D eigenvalue weighted by Crippen LogP contribution is 1.97. The Kier molecular flexibility index (Phi) is 3.43. The summed E-state index contributed by atoms with van der Waals surface area (Å²) >= 11 is 0. The fraction of sp³-hybridized carbons (Fsp3) is 0.667. The average Bonchev–Trinajstić information content (AvgIpc) is 2.03. The van der Waals surface area contributed by atoms with E-state index in [9.17, 15) is 0 Å². The Morgan fingerprint density at radius 1 is 1.45 bits per heavy atom. The minimum atomic E-state index is 0.421. The van der Waals surface area contributed by atoms with Crippen molar-refractivity contribution in [3.63, 3.8) is 0 Å². The maximum Gasteiger partial charge on any atom is 0.0298 e. The van der Waals surface area contributed by atoms with Gasteiger partial charge in [-0.25, -0.2) is 0 Å². The van der Waals surface area contributed by atoms with Crippen LogP contribution in [0.2, 0.25) is 0 Å². The van der Waals surface area contributed by atoms with Crippen LogP contribution in [0.25, 0.3) is 0 Å². The van der Waals surface area contributed by atoms with Crippen molar-refractivity contribution in [1.29, 1.82) is 0 Å². The summed E-state index contributed by atoms with van der Waals surface area (Å²) in [6.45, 7) is 10.5. The quantitative estimate of drug-likeness (QED) is 0.633. The monoisotopic (exact) mass is 153 g/mol. The Balaban J connectivity index is 2.23. The van der Waals surface area contributed by atoms with Crippen molar-refractivity contribution in [3.8, 4) is 0 Å². The lowest BCUT2D eigenvalue weighted by Crippen LogP contribution is -2.40. The van der Waals surface area contributed by atoms with E-state index in [4.69, 9.17) is 0 Å². The first-order valence-corrected chi connectivity index (χ1v) is 4.25. The van der Waals surface area contributed by atoms with E-state index in [1.165, 1.54) is 0 Å². The standard InChI is InChI=1S/C9H17N2/c1-9(2)3-6-11-7-4-10-5-8-11/h3,6,9-10H,1,4-5,7-8H2,2H3/b6-3+. The maximum atomic E-state index is 3.89. The van der Waals surface area contributed by atoms with Crippen LogP contribution in [-0.4, -0.2) is 31.1 Å². The summed E-state index contributed by atoms with van der Waals surface area (Å²) < 4.78 is 0. The zero-order valence-electron chi connectivity index (χ0n) is 7.21. The van der Waals surface area contributed by atoms with Gasteiger partial charge in [0, 0.05) is 26.2 Å². The lowest BCUT2D eigenvalue weighted by Gasteiger charge is -2.25. The van der Waals surface area contributed by atoms with E-state index in [1.807, 2.05) is 0 Å². The fourth-order valence-electron chi connectivity index (χ4n) is 1.10. The number of piperazine rings is 1. The number of nitrogens with one attached hydrogen (secondary N) is 1. The Bertz CT molecular complexity index is 124. The van der Waals surface area contributed by atoms with Crippen LogP contribution in [0.1, 0.15) is 6.92 Å². The third-order valence-corrected chi connectivity index (χ3v) is 1.78. The lowest BCUT2D eigenvalue weighted by molar-refractivity contribution is 0.323. The SMILES string of the molecule is [CH2]C(C)/C=C/N1CCNCC1. The molecule has 0 aromatic rings. The van der Waals surface area contributed by atoms with Crippen molar-refractivity contribution < 1.29 is 0 Å². The van der Waals surface area contributed by atoms with Gasteiger partial charge < -0.3 is 10.2 Å². The third-order valence-electron chi connectivity index (χ3n) is 1.78. The molecule has 11 heavy (non-hydrogen) atoms. The van der Waals surface area contributed by atoms with E-state index in [0.29, 0.717) is 5.92 Å². The molecule has 1 unspecified atom stereocenters. The van der Waals surface area contributed by atoms with Crippen LogP contribution in [0.5, 0.6) is 0 Å². The van der Waals surface area contributed by atoms with Gasteiger partial charge in [0.05, 0.1) is 0 Å². The molecule has 1 rings (SSSR count). The minimum absolute atomic E-state index is 0.421. The topological polar surface area (TPSA) is 15.3 Å². The Morgan fingerprint density at radius 3 is 2.64 bits per heavy atom. The van der Waals surface area contributed by atoms with Crippen molar-refractivity contribution >= 4 is 0 Å². The Labute approximate surface area is 69.3 Å². The van der Waals surface area contributed by atoms with Gasteiger partial charge >= 0.3 is 0 Å². The highest BCUT2D eigenvalue weighted by atomic mass is 15.2. The number of nitrogens with zero attached hydrogens (tertiary/aromatic N) is 1. The number of hydrogen-bond donors (Lipinski definition) is 1. The summed E-state index contributed by atoms with van der Waals surface area (Å²) in [4.78, 5) is 2.33.